The molecule has 0 spiro atoms. The minimum absolute atomic E-state index is 0.142. The number of ether oxygens (including phenoxy) is 3. The third-order valence-corrected chi connectivity index (χ3v) is 6.58. The van der Waals surface area contributed by atoms with Crippen LogP contribution in [0.2, 0.25) is 10.0 Å². The van der Waals surface area contributed by atoms with Crippen molar-refractivity contribution in [2.75, 3.05) is 0 Å². The molecule has 0 aromatic heterocycles. The van der Waals surface area contributed by atoms with Crippen molar-refractivity contribution in [3.05, 3.63) is 33.8 Å². The molecule has 0 aliphatic heterocycles. The van der Waals surface area contributed by atoms with Crippen LogP contribution in [0.25, 0.3) is 0 Å². The molecule has 33 heavy (non-hydrogen) atoms. The predicted molar refractivity (Wildman–Crippen MR) is 124 cm³/mol. The highest BCUT2D eigenvalue weighted by Crippen LogP contribution is 2.64. The number of halogens is 2. The van der Waals surface area contributed by atoms with Gasteiger partial charge < -0.3 is 19.5 Å². The molecule has 7 nitrogen and oxygen atoms in total. The normalized spacial score (nSPS) is 28.6. The summed E-state index contributed by atoms with van der Waals surface area (Å²) in [7, 11) is 0. The van der Waals surface area contributed by atoms with Gasteiger partial charge in [-0.3, -0.25) is 9.59 Å². The second-order valence-corrected chi connectivity index (χ2v) is 11.5. The minimum Gasteiger partial charge on any atom is -0.460 e. The molecule has 3 unspecified atom stereocenters. The number of amides is 1. The molecule has 9 heteroatoms. The molecule has 0 heterocycles. The number of hydrogen-bond acceptors (Lipinski definition) is 6. The van der Waals surface area contributed by atoms with Crippen molar-refractivity contribution in [3.63, 3.8) is 0 Å². The molecule has 1 aromatic rings. The van der Waals surface area contributed by atoms with Gasteiger partial charge in [-0.15, -0.1) is 0 Å². The maximum Gasteiger partial charge on any atom is 0.335 e. The second-order valence-electron chi connectivity index (χ2n) is 10.7. The topological polar surface area (TPSA) is 90.9 Å². The number of carbonyl (C=O) groups excluding carboxylic acids is 3. The minimum atomic E-state index is -1.50. The van der Waals surface area contributed by atoms with Gasteiger partial charge in [0.05, 0.1) is 28.7 Å². The third-order valence-electron chi connectivity index (χ3n) is 5.84. The van der Waals surface area contributed by atoms with Crippen molar-refractivity contribution in [2.24, 2.45) is 17.8 Å². The number of fused-ring (bicyclic) bond motifs is 1. The summed E-state index contributed by atoms with van der Waals surface area (Å²) in [6.07, 6.45) is 0.170. The van der Waals surface area contributed by atoms with Crippen LogP contribution in [0.3, 0.4) is 0 Å². The Hall–Kier alpha value is -1.83. The number of esters is 2. The molecule has 2 aliphatic carbocycles. The van der Waals surface area contributed by atoms with Gasteiger partial charge in [-0.2, -0.15) is 0 Å². The van der Waals surface area contributed by atoms with E-state index < -0.39 is 40.7 Å². The molecule has 0 saturated heterocycles. The lowest BCUT2D eigenvalue weighted by Gasteiger charge is -2.38. The molecule has 2 fully saturated rings. The zero-order chi connectivity index (χ0) is 24.8. The van der Waals surface area contributed by atoms with Gasteiger partial charge in [0.1, 0.15) is 11.2 Å². The molecule has 2 aliphatic rings. The molecule has 0 radical (unpaired) electrons. The second kappa shape index (κ2) is 9.08. The first-order valence-corrected chi connectivity index (χ1v) is 11.7. The highest BCUT2D eigenvalue weighted by Gasteiger charge is 2.77. The number of hydrogen-bond donors (Lipinski definition) is 1. The van der Waals surface area contributed by atoms with E-state index in [9.17, 15) is 14.4 Å². The molecule has 0 bridgehead atoms. The Morgan fingerprint density at radius 1 is 1.09 bits per heavy atom. The fourth-order valence-electron chi connectivity index (χ4n) is 4.63. The zero-order valence-electron chi connectivity index (χ0n) is 19.7. The summed E-state index contributed by atoms with van der Waals surface area (Å²) in [5.74, 6) is -2.18. The monoisotopic (exact) mass is 499 g/mol. The lowest BCUT2D eigenvalue weighted by Crippen LogP contribution is -2.62. The molecule has 1 aromatic carbocycles. The van der Waals surface area contributed by atoms with Crippen molar-refractivity contribution >= 4 is 41.6 Å². The van der Waals surface area contributed by atoms with E-state index in [2.05, 4.69) is 5.32 Å². The summed E-state index contributed by atoms with van der Waals surface area (Å²) in [5.41, 5.74) is -2.20. The first-order chi connectivity index (χ1) is 15.2. The van der Waals surface area contributed by atoms with E-state index in [1.807, 2.05) is 0 Å². The van der Waals surface area contributed by atoms with Gasteiger partial charge in [0.15, 0.2) is 5.54 Å². The summed E-state index contributed by atoms with van der Waals surface area (Å²) in [5, 5.41) is 3.51. The summed E-state index contributed by atoms with van der Waals surface area (Å²) >= 11 is 12.1. The van der Waals surface area contributed by atoms with E-state index in [1.54, 1.807) is 59.7 Å². The van der Waals surface area contributed by atoms with E-state index in [-0.39, 0.29) is 18.5 Å². The number of benzene rings is 1. The molecule has 1 amide bonds. The van der Waals surface area contributed by atoms with Crippen LogP contribution in [0.4, 0.5) is 0 Å². The average molecular weight is 500 g/mol. The summed E-state index contributed by atoms with van der Waals surface area (Å²) in [4.78, 5) is 38.0. The fourth-order valence-corrected chi connectivity index (χ4v) is 4.95. The van der Waals surface area contributed by atoms with Gasteiger partial charge in [0.2, 0.25) is 6.41 Å². The SMILES string of the molecule is CC(C)(C)OC(=O)C1C2C[C@@H](OCc3ccc(Cl)c(Cl)c3)[C@@](NC=O)(C(=O)OC(C)(C)C)C21. The fraction of sp³-hybridized carbons (Fsp3) is 0.625. The Balaban J connectivity index is 1.89. The zero-order valence-corrected chi connectivity index (χ0v) is 21.3. The highest BCUT2D eigenvalue weighted by atomic mass is 35.5. The first-order valence-electron chi connectivity index (χ1n) is 10.9. The van der Waals surface area contributed by atoms with Crippen molar-refractivity contribution in [2.45, 2.75) is 77.4 Å². The summed E-state index contributed by atoms with van der Waals surface area (Å²) < 4.78 is 17.4. The van der Waals surface area contributed by atoms with Gasteiger partial charge in [-0.05, 0) is 71.6 Å². The van der Waals surface area contributed by atoms with E-state index in [4.69, 9.17) is 37.4 Å². The number of carbonyl (C=O) groups is 3. The molecule has 2 saturated carbocycles. The molecule has 1 N–H and O–H groups in total. The standard InChI is InChI=1S/C24H31Cl2NO6/c1-22(2,3)32-20(29)18-14-10-17(31-11-13-7-8-15(25)16(26)9-13)24(19(14)18,27-12-28)21(30)33-23(4,5)6/h7-9,12,14,17-19H,10-11H2,1-6H3,(H,27,28)/t14?,17-,18?,19?,24+/m1/s1. The maximum absolute atomic E-state index is 13.5. The summed E-state index contributed by atoms with van der Waals surface area (Å²) in [6.45, 7) is 10.7. The van der Waals surface area contributed by atoms with Crippen molar-refractivity contribution in [3.8, 4) is 0 Å². The van der Waals surface area contributed by atoms with Crippen LogP contribution < -0.4 is 5.32 Å². The van der Waals surface area contributed by atoms with Crippen LogP contribution in [0, 0.1) is 17.8 Å². The highest BCUT2D eigenvalue weighted by molar-refractivity contribution is 6.42. The molecular formula is C24H31Cl2NO6. The van der Waals surface area contributed by atoms with Crippen LogP contribution >= 0.6 is 23.2 Å². The van der Waals surface area contributed by atoms with Gasteiger partial charge in [-0.1, -0.05) is 29.3 Å². The van der Waals surface area contributed by atoms with Crippen LogP contribution in [0.15, 0.2) is 18.2 Å². The molecular weight excluding hydrogens is 469 g/mol. The van der Waals surface area contributed by atoms with Gasteiger partial charge >= 0.3 is 11.9 Å². The van der Waals surface area contributed by atoms with Crippen LogP contribution in [-0.2, 0) is 35.2 Å². The average Bonchev–Trinajstić information content (AvgIpc) is 3.29. The van der Waals surface area contributed by atoms with Crippen molar-refractivity contribution < 1.29 is 28.6 Å². The Morgan fingerprint density at radius 3 is 2.27 bits per heavy atom. The van der Waals surface area contributed by atoms with E-state index in [0.29, 0.717) is 22.9 Å². The first kappa shape index (κ1) is 25.8. The third kappa shape index (κ3) is 5.47. The summed E-state index contributed by atoms with van der Waals surface area (Å²) in [6, 6.07) is 5.12. The van der Waals surface area contributed by atoms with Gasteiger partial charge in [0, 0.05) is 5.92 Å². The molecule has 182 valence electrons. The predicted octanol–water partition coefficient (Wildman–Crippen LogP) is 4.31. The molecule has 5 atom stereocenters. The lowest BCUT2D eigenvalue weighted by atomic mass is 9.87. The molecule has 3 rings (SSSR count). The number of nitrogens with one attached hydrogen (secondary N) is 1. The van der Waals surface area contributed by atoms with Crippen molar-refractivity contribution in [1.82, 2.24) is 5.32 Å². The smallest absolute Gasteiger partial charge is 0.335 e. The Labute approximate surface area is 204 Å². The van der Waals surface area contributed by atoms with Crippen LogP contribution in [0.1, 0.15) is 53.5 Å². The van der Waals surface area contributed by atoms with Crippen LogP contribution in [-0.4, -0.2) is 41.2 Å². The van der Waals surface area contributed by atoms with E-state index >= 15 is 0 Å². The lowest BCUT2D eigenvalue weighted by molar-refractivity contribution is -0.174. The quantitative estimate of drug-likeness (QED) is 0.443. The Morgan fingerprint density at radius 2 is 1.73 bits per heavy atom. The van der Waals surface area contributed by atoms with Gasteiger partial charge in [0.25, 0.3) is 0 Å². The van der Waals surface area contributed by atoms with Crippen LogP contribution in [0.5, 0.6) is 0 Å². The van der Waals surface area contributed by atoms with Gasteiger partial charge in [-0.25, -0.2) is 4.79 Å². The Kier molecular flexibility index (Phi) is 7.10. The van der Waals surface area contributed by atoms with E-state index in [1.165, 1.54) is 0 Å². The van der Waals surface area contributed by atoms with E-state index in [0.717, 1.165) is 5.56 Å². The Bertz CT molecular complexity index is 938. The van der Waals surface area contributed by atoms with Crippen molar-refractivity contribution in [1.29, 1.82) is 0 Å². The number of rotatable bonds is 7. The maximum atomic E-state index is 13.5. The largest absolute Gasteiger partial charge is 0.460 e.